The predicted octanol–water partition coefficient (Wildman–Crippen LogP) is 0.869. The topological polar surface area (TPSA) is 85.1 Å². The van der Waals surface area contributed by atoms with Crippen LogP contribution in [-0.2, 0) is 10.0 Å². The lowest BCUT2D eigenvalue weighted by atomic mass is 10.3. The van der Waals surface area contributed by atoms with Crippen LogP contribution in [-0.4, -0.2) is 25.2 Å². The lowest BCUT2D eigenvalue weighted by Gasteiger charge is -2.15. The Labute approximate surface area is 96.1 Å². The van der Waals surface area contributed by atoms with Gasteiger partial charge in [-0.25, -0.2) is 8.42 Å². The van der Waals surface area contributed by atoms with E-state index in [2.05, 4.69) is 9.71 Å². The van der Waals surface area contributed by atoms with Crippen LogP contribution in [0.3, 0.4) is 0 Å². The van der Waals surface area contributed by atoms with Gasteiger partial charge >= 0.3 is 0 Å². The Bertz CT molecular complexity index is 441. The second-order valence-electron chi connectivity index (χ2n) is 3.60. The molecule has 3 N–H and O–H groups in total. The maximum Gasteiger partial charge on any atom is 0.236 e. The molecule has 0 amide bonds. The average Bonchev–Trinajstić information content (AvgIpc) is 2.18. The molecule has 0 aliphatic heterocycles. The van der Waals surface area contributed by atoms with Crippen molar-refractivity contribution in [1.29, 1.82) is 0 Å². The summed E-state index contributed by atoms with van der Waals surface area (Å²) in [6, 6.07) is 3.30. The van der Waals surface area contributed by atoms with Crippen molar-refractivity contribution < 1.29 is 8.42 Å². The van der Waals surface area contributed by atoms with E-state index in [1.807, 2.05) is 0 Å². The van der Waals surface area contributed by atoms with Crippen LogP contribution in [0.5, 0.6) is 0 Å². The van der Waals surface area contributed by atoms with Gasteiger partial charge in [-0.15, -0.1) is 0 Å². The molecule has 16 heavy (non-hydrogen) atoms. The first kappa shape index (κ1) is 12.9. The van der Waals surface area contributed by atoms with E-state index in [4.69, 9.17) is 5.73 Å². The maximum absolute atomic E-state index is 11.9. The van der Waals surface area contributed by atoms with Crippen LogP contribution in [0.2, 0.25) is 0 Å². The Balaban J connectivity index is 2.88. The SMILES string of the molecule is CCC(CN)S(=O)(=O)Nc1ccnc(C)c1. The summed E-state index contributed by atoms with van der Waals surface area (Å²) >= 11 is 0. The summed E-state index contributed by atoms with van der Waals surface area (Å²) in [5.74, 6) is 0. The lowest BCUT2D eigenvalue weighted by Crippen LogP contribution is -2.33. The molecule has 1 aromatic rings. The highest BCUT2D eigenvalue weighted by Gasteiger charge is 2.21. The number of nitrogens with one attached hydrogen (secondary N) is 1. The highest BCUT2D eigenvalue weighted by atomic mass is 32.2. The molecule has 0 spiro atoms. The summed E-state index contributed by atoms with van der Waals surface area (Å²) in [5.41, 5.74) is 6.71. The van der Waals surface area contributed by atoms with Crippen LogP contribution >= 0.6 is 0 Å². The average molecular weight is 243 g/mol. The van der Waals surface area contributed by atoms with Crippen LogP contribution < -0.4 is 10.5 Å². The summed E-state index contributed by atoms with van der Waals surface area (Å²) in [4.78, 5) is 4.00. The molecule has 1 unspecified atom stereocenters. The normalized spacial score (nSPS) is 13.4. The summed E-state index contributed by atoms with van der Waals surface area (Å²) in [5, 5.41) is -0.555. The quantitative estimate of drug-likeness (QED) is 0.803. The first-order valence-corrected chi connectivity index (χ1v) is 6.68. The summed E-state index contributed by atoms with van der Waals surface area (Å²) in [7, 11) is -3.40. The molecule has 0 aliphatic rings. The van der Waals surface area contributed by atoms with Crippen molar-refractivity contribution in [3.63, 3.8) is 0 Å². The Morgan fingerprint density at radius 2 is 2.25 bits per heavy atom. The summed E-state index contributed by atoms with van der Waals surface area (Å²) in [6.45, 7) is 3.72. The zero-order valence-electron chi connectivity index (χ0n) is 9.47. The largest absolute Gasteiger partial charge is 0.329 e. The van der Waals surface area contributed by atoms with Gasteiger partial charge in [-0.1, -0.05) is 6.92 Å². The number of sulfonamides is 1. The van der Waals surface area contributed by atoms with Gasteiger partial charge in [0, 0.05) is 18.4 Å². The number of nitrogens with two attached hydrogens (primary N) is 1. The minimum Gasteiger partial charge on any atom is -0.329 e. The predicted molar refractivity (Wildman–Crippen MR) is 64.6 cm³/mol. The number of anilines is 1. The van der Waals surface area contributed by atoms with Gasteiger partial charge < -0.3 is 5.73 Å². The van der Waals surface area contributed by atoms with Gasteiger partial charge in [0.1, 0.15) is 0 Å². The van der Waals surface area contributed by atoms with Crippen molar-refractivity contribution in [1.82, 2.24) is 4.98 Å². The minimum absolute atomic E-state index is 0.121. The molecule has 0 saturated carbocycles. The molecule has 5 nitrogen and oxygen atoms in total. The Hall–Kier alpha value is -1.14. The van der Waals surface area contributed by atoms with Crippen molar-refractivity contribution in [2.24, 2.45) is 5.73 Å². The number of hydrogen-bond donors (Lipinski definition) is 2. The van der Waals surface area contributed by atoms with Crippen molar-refractivity contribution >= 4 is 15.7 Å². The van der Waals surface area contributed by atoms with Crippen LogP contribution in [0.4, 0.5) is 5.69 Å². The van der Waals surface area contributed by atoms with E-state index in [-0.39, 0.29) is 6.54 Å². The third-order valence-electron chi connectivity index (χ3n) is 2.31. The molecule has 0 aliphatic carbocycles. The molecule has 0 fully saturated rings. The number of aromatic nitrogens is 1. The third kappa shape index (κ3) is 3.18. The molecule has 0 radical (unpaired) electrons. The number of aryl methyl sites for hydroxylation is 1. The fourth-order valence-corrected chi connectivity index (χ4v) is 2.68. The van der Waals surface area contributed by atoms with E-state index in [1.54, 1.807) is 32.2 Å². The van der Waals surface area contributed by atoms with Gasteiger partial charge in [-0.2, -0.15) is 0 Å². The Morgan fingerprint density at radius 1 is 1.56 bits per heavy atom. The third-order valence-corrected chi connectivity index (χ3v) is 4.24. The standard InChI is InChI=1S/C10H17N3O2S/c1-3-10(7-11)16(14,15)13-9-4-5-12-8(2)6-9/h4-6,10H,3,7,11H2,1-2H3,(H,12,13). The molecular formula is C10H17N3O2S. The minimum atomic E-state index is -3.40. The molecule has 0 aromatic carbocycles. The fraction of sp³-hybridized carbons (Fsp3) is 0.500. The first-order chi connectivity index (χ1) is 7.49. The molecule has 0 bridgehead atoms. The number of pyridine rings is 1. The van der Waals surface area contributed by atoms with Crippen LogP contribution in [0.15, 0.2) is 18.3 Å². The second kappa shape index (κ2) is 5.27. The number of rotatable bonds is 5. The van der Waals surface area contributed by atoms with Gasteiger partial charge in [-0.05, 0) is 25.5 Å². The molecular weight excluding hydrogens is 226 g/mol. The molecule has 6 heteroatoms. The molecule has 1 atom stereocenters. The van der Waals surface area contributed by atoms with Crippen molar-refractivity contribution in [2.75, 3.05) is 11.3 Å². The van der Waals surface area contributed by atoms with E-state index in [9.17, 15) is 8.42 Å². The van der Waals surface area contributed by atoms with E-state index >= 15 is 0 Å². The fourth-order valence-electron chi connectivity index (χ4n) is 1.37. The monoisotopic (exact) mass is 243 g/mol. The van der Waals surface area contributed by atoms with Gasteiger partial charge in [0.2, 0.25) is 10.0 Å². The van der Waals surface area contributed by atoms with Crippen LogP contribution in [0.25, 0.3) is 0 Å². The van der Waals surface area contributed by atoms with E-state index in [0.29, 0.717) is 12.1 Å². The van der Waals surface area contributed by atoms with Crippen molar-refractivity contribution in [3.05, 3.63) is 24.0 Å². The molecule has 0 saturated heterocycles. The number of nitrogens with zero attached hydrogens (tertiary/aromatic N) is 1. The van der Waals surface area contributed by atoms with Crippen molar-refractivity contribution in [3.8, 4) is 0 Å². The van der Waals surface area contributed by atoms with Gasteiger partial charge in [0.25, 0.3) is 0 Å². The van der Waals surface area contributed by atoms with Crippen LogP contribution in [0.1, 0.15) is 19.0 Å². The summed E-state index contributed by atoms with van der Waals surface area (Å²) < 4.78 is 26.2. The first-order valence-electron chi connectivity index (χ1n) is 5.14. The molecule has 1 aromatic heterocycles. The molecule has 90 valence electrons. The van der Waals surface area contributed by atoms with E-state index < -0.39 is 15.3 Å². The zero-order chi connectivity index (χ0) is 12.2. The number of hydrogen-bond acceptors (Lipinski definition) is 4. The molecule has 1 heterocycles. The smallest absolute Gasteiger partial charge is 0.236 e. The maximum atomic E-state index is 11.9. The second-order valence-corrected chi connectivity index (χ2v) is 5.56. The Morgan fingerprint density at radius 3 is 2.75 bits per heavy atom. The van der Waals surface area contributed by atoms with Gasteiger partial charge in [-0.3, -0.25) is 9.71 Å². The van der Waals surface area contributed by atoms with E-state index in [1.165, 1.54) is 0 Å². The van der Waals surface area contributed by atoms with Crippen LogP contribution in [0, 0.1) is 6.92 Å². The van der Waals surface area contributed by atoms with E-state index in [0.717, 1.165) is 5.69 Å². The zero-order valence-corrected chi connectivity index (χ0v) is 10.3. The lowest BCUT2D eigenvalue weighted by molar-refractivity contribution is 0.581. The van der Waals surface area contributed by atoms with Gasteiger partial charge in [0.15, 0.2) is 0 Å². The summed E-state index contributed by atoms with van der Waals surface area (Å²) in [6.07, 6.45) is 2.06. The highest BCUT2D eigenvalue weighted by Crippen LogP contribution is 2.13. The molecule has 1 rings (SSSR count). The van der Waals surface area contributed by atoms with Gasteiger partial charge in [0.05, 0.1) is 10.9 Å². The Kier molecular flexibility index (Phi) is 4.26. The highest BCUT2D eigenvalue weighted by molar-refractivity contribution is 7.93. The van der Waals surface area contributed by atoms with Crippen molar-refractivity contribution in [2.45, 2.75) is 25.5 Å².